The third-order valence-electron chi connectivity index (χ3n) is 2.80. The van der Waals surface area contributed by atoms with Gasteiger partial charge in [-0.3, -0.25) is 4.79 Å². The van der Waals surface area contributed by atoms with Crippen LogP contribution >= 0.6 is 0 Å². The molecule has 0 radical (unpaired) electrons. The molecule has 0 N–H and O–H groups in total. The minimum Gasteiger partial charge on any atom is -0.299 e. The molecule has 1 aromatic heterocycles. The van der Waals surface area contributed by atoms with E-state index in [1.165, 1.54) is 12.8 Å². The number of aromatic nitrogens is 3. The molecule has 1 heterocycles. The number of rotatable bonds is 6. The van der Waals surface area contributed by atoms with Crippen LogP contribution in [-0.4, -0.2) is 20.5 Å². The maximum absolute atomic E-state index is 11.7. The first-order chi connectivity index (χ1) is 7.65. The van der Waals surface area contributed by atoms with Crippen molar-refractivity contribution in [3.63, 3.8) is 0 Å². The van der Waals surface area contributed by atoms with Gasteiger partial charge < -0.3 is 0 Å². The highest BCUT2D eigenvalue weighted by atomic mass is 16.1. The first kappa shape index (κ1) is 11.3. The fourth-order valence-corrected chi connectivity index (χ4v) is 1.82. The van der Waals surface area contributed by atoms with Crippen molar-refractivity contribution < 1.29 is 4.79 Å². The van der Waals surface area contributed by atoms with Crippen molar-refractivity contribution in [2.45, 2.75) is 46.1 Å². The largest absolute Gasteiger partial charge is 0.299 e. The lowest BCUT2D eigenvalue weighted by molar-refractivity contribution is -0.118. The van der Waals surface area contributed by atoms with Crippen LogP contribution in [0.15, 0.2) is 6.33 Å². The fraction of sp³-hybridized carbons (Fsp3) is 0.750. The van der Waals surface area contributed by atoms with E-state index in [1.807, 2.05) is 4.68 Å². The Morgan fingerprint density at radius 3 is 2.94 bits per heavy atom. The zero-order valence-corrected chi connectivity index (χ0v) is 10.0. The van der Waals surface area contributed by atoms with E-state index >= 15 is 0 Å². The van der Waals surface area contributed by atoms with Gasteiger partial charge in [-0.05, 0) is 24.7 Å². The second-order valence-electron chi connectivity index (χ2n) is 5.12. The van der Waals surface area contributed by atoms with Crippen LogP contribution in [0, 0.1) is 11.8 Å². The standard InChI is InChI=1S/C12H19N3O/c1-9(2)7-15-12(13-8-14-15)6-11(16)5-10-3-4-10/h8-10H,3-7H2,1-2H3. The minimum atomic E-state index is 0.306. The molecule has 1 aliphatic rings. The van der Waals surface area contributed by atoms with Gasteiger partial charge in [-0.15, -0.1) is 0 Å². The first-order valence-electron chi connectivity index (χ1n) is 6.03. The summed E-state index contributed by atoms with van der Waals surface area (Å²) in [6.07, 6.45) is 5.18. The van der Waals surface area contributed by atoms with Crippen LogP contribution in [0.2, 0.25) is 0 Å². The van der Waals surface area contributed by atoms with Crippen molar-refractivity contribution in [2.75, 3.05) is 0 Å². The highest BCUT2D eigenvalue weighted by Gasteiger charge is 2.25. The highest BCUT2D eigenvalue weighted by Crippen LogP contribution is 2.32. The summed E-state index contributed by atoms with van der Waals surface area (Å²) < 4.78 is 1.86. The number of ketones is 1. The van der Waals surface area contributed by atoms with E-state index in [0.29, 0.717) is 24.0 Å². The molecule has 4 nitrogen and oxygen atoms in total. The summed E-state index contributed by atoms with van der Waals surface area (Å²) >= 11 is 0. The normalized spacial score (nSPS) is 15.7. The summed E-state index contributed by atoms with van der Waals surface area (Å²) in [5.41, 5.74) is 0. The topological polar surface area (TPSA) is 47.8 Å². The molecule has 16 heavy (non-hydrogen) atoms. The van der Waals surface area contributed by atoms with E-state index < -0.39 is 0 Å². The van der Waals surface area contributed by atoms with Crippen LogP contribution in [-0.2, 0) is 17.8 Å². The van der Waals surface area contributed by atoms with E-state index in [4.69, 9.17) is 0 Å². The molecule has 0 aliphatic heterocycles. The molecule has 4 heteroatoms. The quantitative estimate of drug-likeness (QED) is 0.736. The van der Waals surface area contributed by atoms with Crippen LogP contribution in [0.3, 0.4) is 0 Å². The first-order valence-corrected chi connectivity index (χ1v) is 6.03. The van der Waals surface area contributed by atoms with E-state index in [-0.39, 0.29) is 0 Å². The third-order valence-corrected chi connectivity index (χ3v) is 2.80. The van der Waals surface area contributed by atoms with Crippen LogP contribution < -0.4 is 0 Å². The molecule has 0 atom stereocenters. The highest BCUT2D eigenvalue weighted by molar-refractivity contribution is 5.80. The van der Waals surface area contributed by atoms with Gasteiger partial charge in [-0.25, -0.2) is 9.67 Å². The Hall–Kier alpha value is -1.19. The molecule has 1 aromatic rings. The van der Waals surface area contributed by atoms with Gasteiger partial charge in [0.05, 0.1) is 6.42 Å². The Bertz CT molecular complexity index is 366. The van der Waals surface area contributed by atoms with Crippen molar-refractivity contribution in [3.05, 3.63) is 12.2 Å². The molecular formula is C12H19N3O. The van der Waals surface area contributed by atoms with E-state index in [0.717, 1.165) is 18.8 Å². The lowest BCUT2D eigenvalue weighted by Crippen LogP contribution is -2.14. The molecule has 0 spiro atoms. The minimum absolute atomic E-state index is 0.306. The van der Waals surface area contributed by atoms with Gasteiger partial charge in [0.15, 0.2) is 0 Å². The molecule has 0 saturated heterocycles. The van der Waals surface area contributed by atoms with E-state index in [2.05, 4.69) is 23.9 Å². The van der Waals surface area contributed by atoms with Crippen LogP contribution in [0.4, 0.5) is 0 Å². The molecule has 2 rings (SSSR count). The summed E-state index contributed by atoms with van der Waals surface area (Å²) in [7, 11) is 0. The van der Waals surface area contributed by atoms with Gasteiger partial charge in [0, 0.05) is 13.0 Å². The monoisotopic (exact) mass is 221 g/mol. The Morgan fingerprint density at radius 1 is 1.56 bits per heavy atom. The smallest absolute Gasteiger partial charge is 0.140 e. The molecular weight excluding hydrogens is 202 g/mol. The van der Waals surface area contributed by atoms with Gasteiger partial charge in [0.2, 0.25) is 0 Å². The summed E-state index contributed by atoms with van der Waals surface area (Å²) in [4.78, 5) is 15.9. The van der Waals surface area contributed by atoms with Crippen molar-refractivity contribution in [2.24, 2.45) is 11.8 Å². The van der Waals surface area contributed by atoms with Crippen LogP contribution in [0.5, 0.6) is 0 Å². The lowest BCUT2D eigenvalue weighted by Gasteiger charge is -2.07. The summed E-state index contributed by atoms with van der Waals surface area (Å²) in [5.74, 6) is 2.31. The number of hydrogen-bond acceptors (Lipinski definition) is 3. The molecule has 0 aromatic carbocycles. The molecule has 1 saturated carbocycles. The maximum Gasteiger partial charge on any atom is 0.140 e. The Balaban J connectivity index is 1.91. The maximum atomic E-state index is 11.7. The number of hydrogen-bond donors (Lipinski definition) is 0. The Labute approximate surface area is 96.1 Å². The Morgan fingerprint density at radius 2 is 2.31 bits per heavy atom. The van der Waals surface area contributed by atoms with Crippen LogP contribution in [0.1, 0.15) is 38.9 Å². The Kier molecular flexibility index (Phi) is 3.36. The summed E-state index contributed by atoms with van der Waals surface area (Å²) in [5, 5.41) is 4.16. The summed E-state index contributed by atoms with van der Waals surface area (Å²) in [6, 6.07) is 0. The average Bonchev–Trinajstić information content (AvgIpc) is 2.89. The fourth-order valence-electron chi connectivity index (χ4n) is 1.82. The van der Waals surface area contributed by atoms with Gasteiger partial charge in [-0.2, -0.15) is 5.10 Å². The molecule has 0 amide bonds. The zero-order chi connectivity index (χ0) is 11.5. The van der Waals surface area contributed by atoms with E-state index in [9.17, 15) is 4.79 Å². The lowest BCUT2D eigenvalue weighted by atomic mass is 10.1. The van der Waals surface area contributed by atoms with Crippen molar-refractivity contribution >= 4 is 5.78 Å². The average molecular weight is 221 g/mol. The second kappa shape index (κ2) is 4.76. The molecule has 1 fully saturated rings. The number of nitrogens with zero attached hydrogens (tertiary/aromatic N) is 3. The molecule has 0 bridgehead atoms. The predicted molar refractivity (Wildman–Crippen MR) is 60.9 cm³/mol. The second-order valence-corrected chi connectivity index (χ2v) is 5.12. The van der Waals surface area contributed by atoms with Gasteiger partial charge in [0.1, 0.15) is 17.9 Å². The number of Topliss-reactive ketones (excluding diaryl/α,β-unsaturated/α-hetero) is 1. The van der Waals surface area contributed by atoms with Gasteiger partial charge in [0.25, 0.3) is 0 Å². The molecule has 1 aliphatic carbocycles. The number of carbonyl (C=O) groups is 1. The van der Waals surface area contributed by atoms with Crippen LogP contribution in [0.25, 0.3) is 0 Å². The summed E-state index contributed by atoms with van der Waals surface area (Å²) in [6.45, 7) is 5.11. The predicted octanol–water partition coefficient (Wildman–Crippen LogP) is 1.85. The number of carbonyl (C=O) groups excluding carboxylic acids is 1. The molecule has 88 valence electrons. The molecule has 0 unspecified atom stereocenters. The van der Waals surface area contributed by atoms with E-state index in [1.54, 1.807) is 6.33 Å². The third kappa shape index (κ3) is 3.15. The van der Waals surface area contributed by atoms with Gasteiger partial charge >= 0.3 is 0 Å². The van der Waals surface area contributed by atoms with Crippen molar-refractivity contribution in [1.82, 2.24) is 14.8 Å². The van der Waals surface area contributed by atoms with Gasteiger partial charge in [-0.1, -0.05) is 13.8 Å². The SMILES string of the molecule is CC(C)Cn1ncnc1CC(=O)CC1CC1. The van der Waals surface area contributed by atoms with Crippen molar-refractivity contribution in [3.8, 4) is 0 Å². The van der Waals surface area contributed by atoms with Crippen molar-refractivity contribution in [1.29, 1.82) is 0 Å². The zero-order valence-electron chi connectivity index (χ0n) is 10.0.